The van der Waals surface area contributed by atoms with E-state index in [1.54, 1.807) is 36.4 Å². The van der Waals surface area contributed by atoms with Gasteiger partial charge in [0.2, 0.25) is 0 Å². The molecule has 112 valence electrons. The Bertz CT molecular complexity index is 763. The monoisotopic (exact) mass is 370 g/mol. The molecular formula is C14H15BrN2O3S. The van der Waals surface area contributed by atoms with E-state index in [-0.39, 0.29) is 10.6 Å². The van der Waals surface area contributed by atoms with Gasteiger partial charge in [0.1, 0.15) is 10.6 Å². The topological polar surface area (TPSA) is 72.6 Å². The molecule has 0 spiro atoms. The standard InChI is InChI=1S/C14H15BrN2O3S/c1-17(12-5-3-4-6-13(12)20-2)21(18,19)14-8-7-10(15)9-11(14)16/h3-9H,16H2,1-2H3. The van der Waals surface area contributed by atoms with Crippen molar-refractivity contribution >= 4 is 37.3 Å². The third kappa shape index (κ3) is 2.98. The molecule has 5 nitrogen and oxygen atoms in total. The summed E-state index contributed by atoms with van der Waals surface area (Å²) in [6.07, 6.45) is 0. The highest BCUT2D eigenvalue weighted by molar-refractivity contribution is 9.10. The van der Waals surface area contributed by atoms with Gasteiger partial charge in [-0.15, -0.1) is 0 Å². The van der Waals surface area contributed by atoms with Gasteiger partial charge < -0.3 is 10.5 Å². The minimum atomic E-state index is -3.76. The predicted molar refractivity (Wildman–Crippen MR) is 87.1 cm³/mol. The Labute approximate surface area is 132 Å². The van der Waals surface area contributed by atoms with Gasteiger partial charge in [-0.25, -0.2) is 8.42 Å². The molecule has 0 amide bonds. The SMILES string of the molecule is COc1ccccc1N(C)S(=O)(=O)c1ccc(Br)cc1N. The zero-order valence-corrected chi connectivity index (χ0v) is 14.0. The lowest BCUT2D eigenvalue weighted by Gasteiger charge is -2.22. The highest BCUT2D eigenvalue weighted by atomic mass is 79.9. The number of benzene rings is 2. The summed E-state index contributed by atoms with van der Waals surface area (Å²) >= 11 is 3.26. The maximum Gasteiger partial charge on any atom is 0.266 e. The average molecular weight is 371 g/mol. The minimum Gasteiger partial charge on any atom is -0.495 e. The third-order valence-corrected chi connectivity index (χ3v) is 5.37. The molecule has 0 saturated carbocycles. The summed E-state index contributed by atoms with van der Waals surface area (Å²) in [7, 11) is -0.804. The number of methoxy groups -OCH3 is 1. The summed E-state index contributed by atoms with van der Waals surface area (Å²) in [5, 5.41) is 0. The lowest BCUT2D eigenvalue weighted by atomic mass is 10.3. The number of hydrogen-bond acceptors (Lipinski definition) is 4. The van der Waals surface area contributed by atoms with Gasteiger partial charge in [0.15, 0.2) is 0 Å². The lowest BCUT2D eigenvalue weighted by Crippen LogP contribution is -2.27. The minimum absolute atomic E-state index is 0.0547. The molecule has 0 fully saturated rings. The molecule has 0 unspecified atom stereocenters. The van der Waals surface area contributed by atoms with Crippen LogP contribution in [0.3, 0.4) is 0 Å². The Kier molecular flexibility index (Phi) is 4.43. The van der Waals surface area contributed by atoms with Gasteiger partial charge in [-0.1, -0.05) is 28.1 Å². The zero-order valence-electron chi connectivity index (χ0n) is 11.6. The van der Waals surface area contributed by atoms with Gasteiger partial charge in [-0.3, -0.25) is 4.31 Å². The van der Waals surface area contributed by atoms with Crippen LogP contribution in [0.2, 0.25) is 0 Å². The molecule has 2 aromatic carbocycles. The second-order valence-corrected chi connectivity index (χ2v) is 7.18. The molecule has 0 aliphatic carbocycles. The number of rotatable bonds is 4. The normalized spacial score (nSPS) is 11.2. The average Bonchev–Trinajstić information content (AvgIpc) is 2.46. The maximum atomic E-state index is 12.7. The van der Waals surface area contributed by atoms with E-state index < -0.39 is 10.0 Å². The first-order valence-electron chi connectivity index (χ1n) is 6.05. The van der Waals surface area contributed by atoms with Gasteiger partial charge >= 0.3 is 0 Å². The molecule has 0 radical (unpaired) electrons. The van der Waals surface area contributed by atoms with Crippen molar-refractivity contribution in [2.45, 2.75) is 4.90 Å². The van der Waals surface area contributed by atoms with Crippen molar-refractivity contribution in [2.75, 3.05) is 24.2 Å². The van der Waals surface area contributed by atoms with E-state index in [1.807, 2.05) is 0 Å². The molecule has 0 aliphatic heterocycles. The Morgan fingerprint density at radius 1 is 1.19 bits per heavy atom. The van der Waals surface area contributed by atoms with Crippen molar-refractivity contribution in [3.05, 3.63) is 46.9 Å². The largest absolute Gasteiger partial charge is 0.495 e. The number of nitrogens with two attached hydrogens (primary N) is 1. The summed E-state index contributed by atoms with van der Waals surface area (Å²) in [5.41, 5.74) is 6.46. The number of ether oxygens (including phenoxy) is 1. The first kappa shape index (κ1) is 15.7. The van der Waals surface area contributed by atoms with Crippen LogP contribution in [0, 0.1) is 0 Å². The van der Waals surface area contributed by atoms with Crippen molar-refractivity contribution < 1.29 is 13.2 Å². The Morgan fingerprint density at radius 2 is 1.86 bits per heavy atom. The van der Waals surface area contributed by atoms with Gasteiger partial charge in [-0.05, 0) is 30.3 Å². The van der Waals surface area contributed by atoms with Crippen molar-refractivity contribution in [3.8, 4) is 5.75 Å². The van der Waals surface area contributed by atoms with Crippen molar-refractivity contribution in [2.24, 2.45) is 0 Å². The summed E-state index contributed by atoms with van der Waals surface area (Å²) in [6, 6.07) is 11.6. The number of nitrogen functional groups attached to an aromatic ring is 1. The molecule has 21 heavy (non-hydrogen) atoms. The van der Waals surface area contributed by atoms with Gasteiger partial charge in [0, 0.05) is 11.5 Å². The van der Waals surface area contributed by atoms with E-state index in [0.29, 0.717) is 11.4 Å². The fraction of sp³-hybridized carbons (Fsp3) is 0.143. The van der Waals surface area contributed by atoms with E-state index in [2.05, 4.69) is 15.9 Å². The second kappa shape index (κ2) is 5.95. The van der Waals surface area contributed by atoms with E-state index in [0.717, 1.165) is 8.78 Å². The van der Waals surface area contributed by atoms with E-state index in [1.165, 1.54) is 20.2 Å². The molecule has 0 aromatic heterocycles. The number of hydrogen-bond donors (Lipinski definition) is 1. The number of para-hydroxylation sites is 2. The molecule has 0 atom stereocenters. The van der Waals surface area contributed by atoms with Crippen LogP contribution in [-0.2, 0) is 10.0 Å². The fourth-order valence-corrected chi connectivity index (χ4v) is 3.60. The predicted octanol–water partition coefficient (Wildman–Crippen LogP) is 2.87. The Balaban J connectivity index is 2.53. The van der Waals surface area contributed by atoms with Gasteiger partial charge in [0.25, 0.3) is 10.0 Å². The Hall–Kier alpha value is -1.73. The van der Waals surface area contributed by atoms with Crippen LogP contribution in [0.15, 0.2) is 51.8 Å². The van der Waals surface area contributed by atoms with Crippen LogP contribution < -0.4 is 14.8 Å². The first-order chi connectivity index (χ1) is 9.87. The molecule has 2 N–H and O–H groups in total. The number of halogens is 1. The summed E-state index contributed by atoms with van der Waals surface area (Å²) in [4.78, 5) is 0.0547. The number of anilines is 2. The zero-order chi connectivity index (χ0) is 15.6. The highest BCUT2D eigenvalue weighted by Crippen LogP contribution is 2.33. The maximum absolute atomic E-state index is 12.7. The van der Waals surface area contributed by atoms with Crippen LogP contribution in [0.25, 0.3) is 0 Å². The van der Waals surface area contributed by atoms with Crippen LogP contribution in [0.1, 0.15) is 0 Å². The molecule has 0 saturated heterocycles. The van der Waals surface area contributed by atoms with E-state index in [4.69, 9.17) is 10.5 Å². The summed E-state index contributed by atoms with van der Waals surface area (Å²) in [5.74, 6) is 0.472. The van der Waals surface area contributed by atoms with Crippen molar-refractivity contribution in [1.82, 2.24) is 0 Å². The lowest BCUT2D eigenvalue weighted by molar-refractivity contribution is 0.416. The van der Waals surface area contributed by atoms with Crippen molar-refractivity contribution in [3.63, 3.8) is 0 Å². The second-order valence-electron chi connectivity index (χ2n) is 4.33. The van der Waals surface area contributed by atoms with Crippen LogP contribution in [-0.4, -0.2) is 22.6 Å². The van der Waals surface area contributed by atoms with Crippen LogP contribution >= 0.6 is 15.9 Å². The third-order valence-electron chi connectivity index (χ3n) is 3.03. The van der Waals surface area contributed by atoms with E-state index >= 15 is 0 Å². The van der Waals surface area contributed by atoms with Crippen LogP contribution in [0.5, 0.6) is 5.75 Å². The Morgan fingerprint density at radius 3 is 2.48 bits per heavy atom. The van der Waals surface area contributed by atoms with Crippen molar-refractivity contribution in [1.29, 1.82) is 0 Å². The number of sulfonamides is 1. The molecule has 2 rings (SSSR count). The molecule has 2 aromatic rings. The first-order valence-corrected chi connectivity index (χ1v) is 8.28. The molecular weight excluding hydrogens is 356 g/mol. The molecule has 0 heterocycles. The molecule has 7 heteroatoms. The summed E-state index contributed by atoms with van der Waals surface area (Å²) in [6.45, 7) is 0. The fourth-order valence-electron chi connectivity index (χ4n) is 1.92. The quantitative estimate of drug-likeness (QED) is 0.839. The molecule has 0 aliphatic rings. The van der Waals surface area contributed by atoms with Gasteiger partial charge in [0.05, 0.1) is 18.5 Å². The highest BCUT2D eigenvalue weighted by Gasteiger charge is 2.25. The van der Waals surface area contributed by atoms with E-state index in [9.17, 15) is 8.42 Å². The van der Waals surface area contributed by atoms with Crippen LogP contribution in [0.4, 0.5) is 11.4 Å². The summed E-state index contributed by atoms with van der Waals surface area (Å²) < 4.78 is 32.5. The number of nitrogens with zero attached hydrogens (tertiary/aromatic N) is 1. The molecule has 0 bridgehead atoms. The van der Waals surface area contributed by atoms with Gasteiger partial charge in [-0.2, -0.15) is 0 Å². The smallest absolute Gasteiger partial charge is 0.266 e.